The molecule has 104 valence electrons. The maximum Gasteiger partial charge on any atom is 0.221 e. The first-order valence-electron chi connectivity index (χ1n) is 7.27. The average molecular weight is 254 g/mol. The van der Waals surface area contributed by atoms with Gasteiger partial charge in [0.05, 0.1) is 6.61 Å². The zero-order valence-corrected chi connectivity index (χ0v) is 11.5. The molecule has 2 aliphatic rings. The highest BCUT2D eigenvalue weighted by Gasteiger charge is 2.32. The lowest BCUT2D eigenvalue weighted by Crippen LogP contribution is -2.48. The zero-order valence-electron chi connectivity index (χ0n) is 11.5. The van der Waals surface area contributed by atoms with Gasteiger partial charge in [-0.1, -0.05) is 19.3 Å². The molecule has 0 spiro atoms. The van der Waals surface area contributed by atoms with Crippen LogP contribution in [-0.2, 0) is 9.53 Å². The number of hydrogen-bond acceptors (Lipinski definition) is 3. The first-order valence-corrected chi connectivity index (χ1v) is 7.27. The van der Waals surface area contributed by atoms with Crippen molar-refractivity contribution in [3.05, 3.63) is 0 Å². The number of carbonyl (C=O) groups excluding carboxylic acids is 1. The van der Waals surface area contributed by atoms with Crippen molar-refractivity contribution in [3.63, 3.8) is 0 Å². The molecule has 1 amide bonds. The highest BCUT2D eigenvalue weighted by atomic mass is 16.5. The van der Waals surface area contributed by atoms with Crippen LogP contribution in [0.2, 0.25) is 0 Å². The van der Waals surface area contributed by atoms with Crippen LogP contribution in [0.25, 0.3) is 0 Å². The molecule has 18 heavy (non-hydrogen) atoms. The van der Waals surface area contributed by atoms with Crippen molar-refractivity contribution in [1.29, 1.82) is 0 Å². The summed E-state index contributed by atoms with van der Waals surface area (Å²) in [7, 11) is 1.99. The second-order valence-electron chi connectivity index (χ2n) is 5.80. The van der Waals surface area contributed by atoms with Crippen LogP contribution in [0.4, 0.5) is 0 Å². The van der Waals surface area contributed by atoms with Crippen LogP contribution < -0.4 is 10.6 Å². The quantitative estimate of drug-likeness (QED) is 0.781. The van der Waals surface area contributed by atoms with Crippen LogP contribution in [0, 0.1) is 5.92 Å². The maximum absolute atomic E-state index is 12.0. The summed E-state index contributed by atoms with van der Waals surface area (Å²) >= 11 is 0. The van der Waals surface area contributed by atoms with Gasteiger partial charge in [0, 0.05) is 31.0 Å². The Kier molecular flexibility index (Phi) is 5.01. The minimum Gasteiger partial charge on any atom is -0.381 e. The number of amides is 1. The fourth-order valence-electron chi connectivity index (χ4n) is 3.12. The summed E-state index contributed by atoms with van der Waals surface area (Å²) in [5.41, 5.74) is 0.0501. The van der Waals surface area contributed by atoms with Gasteiger partial charge < -0.3 is 15.4 Å². The lowest BCUT2D eigenvalue weighted by Gasteiger charge is -2.36. The lowest BCUT2D eigenvalue weighted by atomic mass is 9.79. The van der Waals surface area contributed by atoms with E-state index in [0.29, 0.717) is 12.3 Å². The van der Waals surface area contributed by atoms with Crippen LogP contribution in [-0.4, -0.2) is 38.3 Å². The molecule has 0 aromatic heterocycles. The van der Waals surface area contributed by atoms with Gasteiger partial charge in [0.1, 0.15) is 0 Å². The van der Waals surface area contributed by atoms with Gasteiger partial charge in [-0.15, -0.1) is 0 Å². The molecule has 1 saturated heterocycles. The Morgan fingerprint density at radius 2 is 2.11 bits per heavy atom. The number of carbonyl (C=O) groups is 1. The van der Waals surface area contributed by atoms with E-state index < -0.39 is 0 Å². The largest absolute Gasteiger partial charge is 0.381 e. The molecular formula is C14H26N2O2. The van der Waals surface area contributed by atoms with E-state index in [9.17, 15) is 4.79 Å². The van der Waals surface area contributed by atoms with Crippen molar-refractivity contribution in [2.75, 3.05) is 26.8 Å². The van der Waals surface area contributed by atoms with Gasteiger partial charge >= 0.3 is 0 Å². The molecule has 2 rings (SSSR count). The Bertz CT molecular complexity index is 269. The number of nitrogens with one attached hydrogen (secondary N) is 2. The van der Waals surface area contributed by atoms with E-state index in [-0.39, 0.29) is 11.4 Å². The molecule has 0 aromatic rings. The third-order valence-electron chi connectivity index (χ3n) is 4.45. The molecule has 1 aliphatic heterocycles. The summed E-state index contributed by atoms with van der Waals surface area (Å²) in [6, 6.07) is 0. The predicted molar refractivity (Wildman–Crippen MR) is 71.4 cm³/mol. The van der Waals surface area contributed by atoms with E-state index in [1.807, 2.05) is 7.05 Å². The maximum atomic E-state index is 12.0. The first-order chi connectivity index (χ1) is 8.74. The lowest BCUT2D eigenvalue weighted by molar-refractivity contribution is -0.123. The summed E-state index contributed by atoms with van der Waals surface area (Å²) in [6.07, 6.45) is 7.75. The van der Waals surface area contributed by atoms with E-state index >= 15 is 0 Å². The summed E-state index contributed by atoms with van der Waals surface area (Å²) in [4.78, 5) is 12.0. The minimum atomic E-state index is 0.0501. The smallest absolute Gasteiger partial charge is 0.221 e. The Balaban J connectivity index is 1.74. The van der Waals surface area contributed by atoms with Crippen molar-refractivity contribution in [3.8, 4) is 0 Å². The molecular weight excluding hydrogens is 228 g/mol. The normalized spacial score (nSPS) is 27.1. The molecule has 4 nitrogen and oxygen atoms in total. The molecule has 1 atom stereocenters. The topological polar surface area (TPSA) is 50.4 Å². The van der Waals surface area contributed by atoms with E-state index in [1.165, 1.54) is 19.3 Å². The van der Waals surface area contributed by atoms with Crippen LogP contribution in [0.3, 0.4) is 0 Å². The first kappa shape index (κ1) is 13.8. The highest BCUT2D eigenvalue weighted by molar-refractivity contribution is 5.77. The Hall–Kier alpha value is -0.610. The van der Waals surface area contributed by atoms with Crippen LogP contribution in [0.5, 0.6) is 0 Å². The molecule has 1 aliphatic carbocycles. The van der Waals surface area contributed by atoms with Crippen molar-refractivity contribution in [2.24, 2.45) is 5.92 Å². The standard InChI is InChI=1S/C14H26N2O2/c1-15-14(6-3-2-4-7-14)9-13(17)16-10-12-5-8-18-11-12/h12,15H,2-11H2,1H3,(H,16,17). The minimum absolute atomic E-state index is 0.0501. The summed E-state index contributed by atoms with van der Waals surface area (Å²) in [5, 5.41) is 6.46. The summed E-state index contributed by atoms with van der Waals surface area (Å²) in [6.45, 7) is 2.43. The highest BCUT2D eigenvalue weighted by Crippen LogP contribution is 2.30. The van der Waals surface area contributed by atoms with Gasteiger partial charge in [-0.2, -0.15) is 0 Å². The monoisotopic (exact) mass is 254 g/mol. The molecule has 4 heteroatoms. The van der Waals surface area contributed by atoms with Gasteiger partial charge in [0.2, 0.25) is 5.91 Å². The number of rotatable bonds is 5. The molecule has 0 aromatic carbocycles. The van der Waals surface area contributed by atoms with Crippen LogP contribution in [0.1, 0.15) is 44.9 Å². The fraction of sp³-hybridized carbons (Fsp3) is 0.929. The van der Waals surface area contributed by atoms with E-state index in [4.69, 9.17) is 4.74 Å². The zero-order chi connectivity index (χ0) is 12.8. The van der Waals surface area contributed by atoms with E-state index in [0.717, 1.165) is 39.0 Å². The fourth-order valence-corrected chi connectivity index (χ4v) is 3.12. The number of ether oxygens (including phenoxy) is 1. The van der Waals surface area contributed by atoms with Crippen molar-refractivity contribution in [2.45, 2.75) is 50.5 Å². The Labute approximate surface area is 110 Å². The molecule has 1 heterocycles. The summed E-state index contributed by atoms with van der Waals surface area (Å²) < 4.78 is 5.32. The van der Waals surface area contributed by atoms with Gasteiger partial charge in [0.15, 0.2) is 0 Å². The van der Waals surface area contributed by atoms with Crippen molar-refractivity contribution >= 4 is 5.91 Å². The molecule has 2 fully saturated rings. The van der Waals surface area contributed by atoms with Gasteiger partial charge in [-0.25, -0.2) is 0 Å². The van der Waals surface area contributed by atoms with Crippen molar-refractivity contribution < 1.29 is 9.53 Å². The third kappa shape index (κ3) is 3.69. The molecule has 0 radical (unpaired) electrons. The Morgan fingerprint density at radius 3 is 2.72 bits per heavy atom. The molecule has 2 N–H and O–H groups in total. The molecule has 1 unspecified atom stereocenters. The SMILES string of the molecule is CNC1(CC(=O)NCC2CCOC2)CCCCC1. The van der Waals surface area contributed by atoms with Crippen molar-refractivity contribution in [1.82, 2.24) is 10.6 Å². The second-order valence-corrected chi connectivity index (χ2v) is 5.80. The van der Waals surface area contributed by atoms with Gasteiger partial charge in [-0.05, 0) is 26.3 Å². The summed E-state index contributed by atoms with van der Waals surface area (Å²) in [5.74, 6) is 0.712. The number of hydrogen-bond donors (Lipinski definition) is 2. The average Bonchev–Trinajstić information content (AvgIpc) is 2.91. The molecule has 0 bridgehead atoms. The van der Waals surface area contributed by atoms with Gasteiger partial charge in [0.25, 0.3) is 0 Å². The van der Waals surface area contributed by atoms with Crippen LogP contribution in [0.15, 0.2) is 0 Å². The Morgan fingerprint density at radius 1 is 1.33 bits per heavy atom. The van der Waals surface area contributed by atoms with E-state index in [2.05, 4.69) is 10.6 Å². The van der Waals surface area contributed by atoms with Gasteiger partial charge in [-0.3, -0.25) is 4.79 Å². The predicted octanol–water partition coefficient (Wildman–Crippen LogP) is 1.45. The second kappa shape index (κ2) is 6.53. The van der Waals surface area contributed by atoms with Crippen LogP contribution >= 0.6 is 0 Å². The van der Waals surface area contributed by atoms with E-state index in [1.54, 1.807) is 0 Å². The molecule has 1 saturated carbocycles. The third-order valence-corrected chi connectivity index (χ3v) is 4.45.